The fraction of sp³-hybridized carbons (Fsp3) is 0.133. The number of carbonyl (C=O) groups is 1. The van der Waals surface area contributed by atoms with Gasteiger partial charge >= 0.3 is 5.97 Å². The van der Waals surface area contributed by atoms with E-state index < -0.39 is 5.97 Å². The molecule has 0 bridgehead atoms. The van der Waals surface area contributed by atoms with E-state index >= 15 is 0 Å². The molecule has 7 heteroatoms. The smallest absolute Gasteiger partial charge is 0.341 e. The number of aromatic amines is 1. The van der Waals surface area contributed by atoms with Gasteiger partial charge in [0.2, 0.25) is 0 Å². The highest BCUT2D eigenvalue weighted by Gasteiger charge is 2.18. The van der Waals surface area contributed by atoms with Crippen molar-refractivity contribution >= 4 is 23.2 Å². The fourth-order valence-electron chi connectivity index (χ4n) is 2.35. The monoisotopic (exact) mass is 317 g/mol. The molecule has 0 aliphatic heterocycles. The molecular formula is C15H12ClN3O3. The van der Waals surface area contributed by atoms with Crippen LogP contribution in [0.1, 0.15) is 27.2 Å². The maximum Gasteiger partial charge on any atom is 0.341 e. The van der Waals surface area contributed by atoms with Crippen molar-refractivity contribution in [3.63, 3.8) is 0 Å². The Morgan fingerprint density at radius 3 is 2.82 bits per heavy atom. The Balaban J connectivity index is 2.18. The molecule has 0 fully saturated rings. The first-order valence-corrected chi connectivity index (χ1v) is 6.93. The van der Waals surface area contributed by atoms with E-state index in [1.807, 2.05) is 18.2 Å². The van der Waals surface area contributed by atoms with Crippen LogP contribution in [0.25, 0.3) is 5.65 Å². The number of fused-ring (bicyclic) bond motifs is 1. The van der Waals surface area contributed by atoms with Crippen LogP contribution >= 0.6 is 11.6 Å². The maximum absolute atomic E-state index is 12.6. The first-order valence-electron chi connectivity index (χ1n) is 6.55. The number of hydrogen-bond donors (Lipinski definition) is 2. The summed E-state index contributed by atoms with van der Waals surface area (Å²) in [6, 6.07) is 7.26. The summed E-state index contributed by atoms with van der Waals surface area (Å²) in [7, 11) is 0. The summed E-state index contributed by atoms with van der Waals surface area (Å²) in [5.74, 6) is -1.14. The summed E-state index contributed by atoms with van der Waals surface area (Å²) in [5, 5.41) is 12.3. The molecule has 0 aliphatic carbocycles. The molecule has 6 nitrogen and oxygen atoms in total. The van der Waals surface area contributed by atoms with Crippen LogP contribution in [0, 0.1) is 6.92 Å². The number of nitrogens with one attached hydrogen (secondary N) is 1. The van der Waals surface area contributed by atoms with Crippen LogP contribution in [0.4, 0.5) is 0 Å². The summed E-state index contributed by atoms with van der Waals surface area (Å²) >= 11 is 6.13. The number of aryl methyl sites for hydroxylation is 1. The average molecular weight is 318 g/mol. The van der Waals surface area contributed by atoms with Gasteiger partial charge in [-0.2, -0.15) is 0 Å². The van der Waals surface area contributed by atoms with Crippen molar-refractivity contribution in [1.82, 2.24) is 14.6 Å². The van der Waals surface area contributed by atoms with Crippen LogP contribution in [-0.4, -0.2) is 25.7 Å². The van der Waals surface area contributed by atoms with Crippen molar-refractivity contribution in [3.8, 4) is 0 Å². The quantitative estimate of drug-likeness (QED) is 0.775. The summed E-state index contributed by atoms with van der Waals surface area (Å²) in [5.41, 5.74) is 1.53. The van der Waals surface area contributed by atoms with Gasteiger partial charge in [0.05, 0.1) is 0 Å². The van der Waals surface area contributed by atoms with Crippen molar-refractivity contribution < 1.29 is 9.90 Å². The molecule has 2 aromatic heterocycles. The molecule has 3 rings (SSSR count). The van der Waals surface area contributed by atoms with Gasteiger partial charge in [0, 0.05) is 28.9 Å². The first-order chi connectivity index (χ1) is 10.5. The number of nitrogens with zero attached hydrogens (tertiary/aromatic N) is 2. The molecule has 0 saturated heterocycles. The number of carboxylic acids is 1. The predicted octanol–water partition coefficient (Wildman–Crippen LogP) is 2.27. The van der Waals surface area contributed by atoms with Gasteiger partial charge in [-0.05, 0) is 18.6 Å². The number of halogens is 1. The molecule has 1 aromatic carbocycles. The van der Waals surface area contributed by atoms with E-state index in [4.69, 9.17) is 16.7 Å². The molecular weight excluding hydrogens is 306 g/mol. The summed E-state index contributed by atoms with van der Waals surface area (Å²) in [6.07, 6.45) is 1.59. The molecule has 3 aromatic rings. The predicted molar refractivity (Wildman–Crippen MR) is 81.8 cm³/mol. The topological polar surface area (TPSA) is 87.5 Å². The van der Waals surface area contributed by atoms with Crippen LogP contribution in [-0.2, 0) is 6.42 Å². The lowest BCUT2D eigenvalue weighted by atomic mass is 10.1. The Bertz CT molecular complexity index is 943. The van der Waals surface area contributed by atoms with Crippen LogP contribution in [0.2, 0.25) is 5.02 Å². The Labute approximate surface area is 130 Å². The van der Waals surface area contributed by atoms with E-state index in [2.05, 4.69) is 10.1 Å². The number of aromatic carboxylic acids is 1. The van der Waals surface area contributed by atoms with Crippen LogP contribution < -0.4 is 5.56 Å². The van der Waals surface area contributed by atoms with Crippen molar-refractivity contribution in [2.45, 2.75) is 13.3 Å². The lowest BCUT2D eigenvalue weighted by molar-refractivity contribution is 0.0698. The number of carboxylic acid groups (broad SMARTS) is 1. The van der Waals surface area contributed by atoms with E-state index in [0.29, 0.717) is 22.7 Å². The second-order valence-electron chi connectivity index (χ2n) is 4.90. The van der Waals surface area contributed by atoms with E-state index in [1.54, 1.807) is 13.0 Å². The molecule has 2 heterocycles. The standard InChI is InChI=1S/C15H12ClN3O3/c1-8-10(6-9-4-2-3-5-12(9)16)14(20)19-13(18-8)11(7-17-19)15(21)22/h2-5,7,17H,6H2,1H3,(H,21,22). The van der Waals surface area contributed by atoms with Crippen molar-refractivity contribution in [2.75, 3.05) is 0 Å². The van der Waals surface area contributed by atoms with E-state index in [-0.39, 0.29) is 16.8 Å². The lowest BCUT2D eigenvalue weighted by Gasteiger charge is -2.07. The molecule has 0 amide bonds. The van der Waals surface area contributed by atoms with Crippen LogP contribution in [0.3, 0.4) is 0 Å². The van der Waals surface area contributed by atoms with E-state index in [1.165, 1.54) is 6.20 Å². The molecule has 22 heavy (non-hydrogen) atoms. The lowest BCUT2D eigenvalue weighted by Crippen LogP contribution is -2.22. The SMILES string of the molecule is Cc1nc2c(C(=O)O)c[nH]n2c(=O)c1Cc1ccccc1Cl. The van der Waals surface area contributed by atoms with E-state index in [0.717, 1.165) is 10.1 Å². The van der Waals surface area contributed by atoms with Gasteiger partial charge in [-0.1, -0.05) is 29.8 Å². The second kappa shape index (κ2) is 5.31. The average Bonchev–Trinajstić information content (AvgIpc) is 2.89. The third-order valence-electron chi connectivity index (χ3n) is 3.52. The Morgan fingerprint density at radius 1 is 1.41 bits per heavy atom. The molecule has 2 N–H and O–H groups in total. The first kappa shape index (κ1) is 14.3. The van der Waals surface area contributed by atoms with Crippen LogP contribution in [0.15, 0.2) is 35.3 Å². The largest absolute Gasteiger partial charge is 0.477 e. The van der Waals surface area contributed by atoms with Gasteiger partial charge in [-0.25, -0.2) is 14.3 Å². The van der Waals surface area contributed by atoms with Gasteiger partial charge in [-0.3, -0.25) is 9.89 Å². The number of H-pyrrole nitrogens is 1. The van der Waals surface area contributed by atoms with Gasteiger partial charge in [-0.15, -0.1) is 0 Å². The minimum atomic E-state index is -1.14. The van der Waals surface area contributed by atoms with Crippen molar-refractivity contribution in [3.05, 3.63) is 68.2 Å². The summed E-state index contributed by atoms with van der Waals surface area (Å²) in [4.78, 5) is 27.9. The molecule has 0 aliphatic rings. The van der Waals surface area contributed by atoms with E-state index in [9.17, 15) is 9.59 Å². The van der Waals surface area contributed by atoms with Crippen molar-refractivity contribution in [2.24, 2.45) is 0 Å². The number of aromatic nitrogens is 3. The number of benzene rings is 1. The Morgan fingerprint density at radius 2 is 2.14 bits per heavy atom. The van der Waals surface area contributed by atoms with Gasteiger partial charge < -0.3 is 5.11 Å². The highest BCUT2D eigenvalue weighted by atomic mass is 35.5. The highest BCUT2D eigenvalue weighted by molar-refractivity contribution is 6.31. The van der Waals surface area contributed by atoms with Crippen molar-refractivity contribution in [1.29, 1.82) is 0 Å². The van der Waals surface area contributed by atoms with Gasteiger partial charge in [0.1, 0.15) is 5.56 Å². The van der Waals surface area contributed by atoms with Crippen LogP contribution in [0.5, 0.6) is 0 Å². The number of hydrogen-bond acceptors (Lipinski definition) is 3. The maximum atomic E-state index is 12.6. The second-order valence-corrected chi connectivity index (χ2v) is 5.31. The minimum absolute atomic E-state index is 0.0375. The molecule has 0 saturated carbocycles. The third-order valence-corrected chi connectivity index (χ3v) is 3.89. The molecule has 0 radical (unpaired) electrons. The minimum Gasteiger partial charge on any atom is -0.477 e. The zero-order chi connectivity index (χ0) is 15.9. The zero-order valence-electron chi connectivity index (χ0n) is 11.6. The zero-order valence-corrected chi connectivity index (χ0v) is 12.4. The Hall–Kier alpha value is -2.60. The fourth-order valence-corrected chi connectivity index (χ4v) is 2.55. The molecule has 0 unspecified atom stereocenters. The summed E-state index contributed by atoms with van der Waals surface area (Å²) < 4.78 is 1.14. The normalized spacial score (nSPS) is 11.0. The Kier molecular flexibility index (Phi) is 3.46. The van der Waals surface area contributed by atoms with Gasteiger partial charge in [0.25, 0.3) is 5.56 Å². The van der Waals surface area contributed by atoms with Gasteiger partial charge in [0.15, 0.2) is 5.65 Å². The highest BCUT2D eigenvalue weighted by Crippen LogP contribution is 2.19. The number of rotatable bonds is 3. The molecule has 0 atom stereocenters. The molecule has 0 spiro atoms. The summed E-state index contributed by atoms with van der Waals surface area (Å²) in [6.45, 7) is 1.69. The third kappa shape index (κ3) is 2.27. The molecule has 112 valence electrons.